The summed E-state index contributed by atoms with van der Waals surface area (Å²) in [6, 6.07) is 2.01. The van der Waals surface area contributed by atoms with Crippen molar-refractivity contribution in [3.63, 3.8) is 0 Å². The van der Waals surface area contributed by atoms with Crippen molar-refractivity contribution in [2.24, 2.45) is 5.92 Å². The maximum atomic E-state index is 12.8. The van der Waals surface area contributed by atoms with E-state index >= 15 is 0 Å². The van der Waals surface area contributed by atoms with Gasteiger partial charge in [-0.25, -0.2) is 18.4 Å². The molecular formula is C18H22N4O2S. The molecule has 1 unspecified atom stereocenters. The second-order valence-corrected chi connectivity index (χ2v) is 10.2. The van der Waals surface area contributed by atoms with E-state index in [1.165, 1.54) is 0 Å². The van der Waals surface area contributed by atoms with Gasteiger partial charge in [-0.15, -0.1) is 0 Å². The van der Waals surface area contributed by atoms with Crippen LogP contribution in [0.4, 0.5) is 0 Å². The van der Waals surface area contributed by atoms with E-state index in [0.29, 0.717) is 12.3 Å². The molecule has 0 bridgehead atoms. The van der Waals surface area contributed by atoms with Gasteiger partial charge in [0.25, 0.3) is 0 Å². The summed E-state index contributed by atoms with van der Waals surface area (Å²) in [6.45, 7) is 2.22. The summed E-state index contributed by atoms with van der Waals surface area (Å²) in [5.41, 5.74) is 2.79. The van der Waals surface area contributed by atoms with Gasteiger partial charge in [0.05, 0.1) is 33.9 Å². The largest absolute Gasteiger partial charge is 0.345 e. The fourth-order valence-corrected chi connectivity index (χ4v) is 6.65. The number of H-pyrrole nitrogens is 1. The van der Waals surface area contributed by atoms with Crippen LogP contribution >= 0.6 is 0 Å². The minimum Gasteiger partial charge on any atom is -0.345 e. The number of aromatic amines is 1. The van der Waals surface area contributed by atoms with Crippen molar-refractivity contribution in [3.8, 4) is 0 Å². The van der Waals surface area contributed by atoms with Crippen molar-refractivity contribution < 1.29 is 8.42 Å². The zero-order chi connectivity index (χ0) is 17.2. The lowest BCUT2D eigenvalue weighted by molar-refractivity contribution is 0.319. The molecule has 7 heteroatoms. The first-order chi connectivity index (χ1) is 12.1. The van der Waals surface area contributed by atoms with Crippen molar-refractivity contribution in [1.29, 1.82) is 0 Å². The van der Waals surface area contributed by atoms with E-state index in [9.17, 15) is 8.42 Å². The summed E-state index contributed by atoms with van der Waals surface area (Å²) in [7, 11) is -2.98. The molecule has 0 aliphatic heterocycles. The Hall–Kier alpha value is -1.89. The summed E-state index contributed by atoms with van der Waals surface area (Å²) in [5.74, 6) is 1.57. The van der Waals surface area contributed by atoms with Gasteiger partial charge in [-0.2, -0.15) is 0 Å². The van der Waals surface area contributed by atoms with Crippen LogP contribution in [0.2, 0.25) is 0 Å². The normalized spacial score (nSPS) is 28.0. The third-order valence-electron chi connectivity index (χ3n) is 6.02. The number of hydrogen-bond donors (Lipinski definition) is 1. The van der Waals surface area contributed by atoms with Crippen molar-refractivity contribution >= 4 is 26.5 Å². The van der Waals surface area contributed by atoms with Crippen LogP contribution in [0.3, 0.4) is 0 Å². The fraction of sp³-hybridized carbons (Fsp3) is 0.556. The molecular weight excluding hydrogens is 336 g/mol. The number of fused-ring (bicyclic) bond motifs is 3. The van der Waals surface area contributed by atoms with Crippen molar-refractivity contribution in [2.75, 3.05) is 0 Å². The van der Waals surface area contributed by atoms with E-state index in [1.807, 2.05) is 24.7 Å². The van der Waals surface area contributed by atoms with Crippen LogP contribution < -0.4 is 0 Å². The Labute approximate surface area is 146 Å². The van der Waals surface area contributed by atoms with Crippen molar-refractivity contribution in [2.45, 2.75) is 55.4 Å². The van der Waals surface area contributed by atoms with Gasteiger partial charge in [0.2, 0.25) is 0 Å². The number of nitrogens with zero attached hydrogens (tertiary/aromatic N) is 3. The monoisotopic (exact) mass is 358 g/mol. The Morgan fingerprint density at radius 2 is 1.88 bits per heavy atom. The van der Waals surface area contributed by atoms with Crippen molar-refractivity contribution in [3.05, 3.63) is 30.5 Å². The van der Waals surface area contributed by atoms with E-state index in [2.05, 4.69) is 21.3 Å². The lowest BCUT2D eigenvalue weighted by atomic mass is 9.79. The molecule has 3 heterocycles. The summed E-state index contributed by atoms with van der Waals surface area (Å²) in [5, 5.41) is -0.291. The lowest BCUT2D eigenvalue weighted by Gasteiger charge is -2.33. The number of aromatic nitrogens is 4. The van der Waals surface area contributed by atoms with Gasteiger partial charge in [0.1, 0.15) is 5.82 Å². The Bertz CT molecular complexity index is 1050. The number of sulfone groups is 1. The van der Waals surface area contributed by atoms with Gasteiger partial charge in [-0.1, -0.05) is 6.92 Å². The second kappa shape index (κ2) is 5.30. The minimum absolute atomic E-state index is 0.0795. The first-order valence-electron chi connectivity index (χ1n) is 9.08. The molecule has 3 atom stereocenters. The zero-order valence-corrected chi connectivity index (χ0v) is 15.0. The first kappa shape index (κ1) is 15.4. The highest BCUT2D eigenvalue weighted by molar-refractivity contribution is 7.92. The molecule has 2 fully saturated rings. The molecule has 2 aliphatic carbocycles. The molecule has 3 aromatic rings. The van der Waals surface area contributed by atoms with Crippen LogP contribution in [-0.2, 0) is 9.84 Å². The molecule has 0 spiro atoms. The summed E-state index contributed by atoms with van der Waals surface area (Å²) in [4.78, 5) is 12.3. The highest BCUT2D eigenvalue weighted by atomic mass is 32.2. The van der Waals surface area contributed by atoms with E-state index in [1.54, 1.807) is 0 Å². The summed E-state index contributed by atoms with van der Waals surface area (Å²) < 4.78 is 27.7. The van der Waals surface area contributed by atoms with E-state index in [4.69, 9.17) is 4.98 Å². The van der Waals surface area contributed by atoms with Crippen LogP contribution in [0.25, 0.3) is 16.7 Å². The van der Waals surface area contributed by atoms with Crippen LogP contribution in [0.5, 0.6) is 0 Å². The van der Waals surface area contributed by atoms with Crippen LogP contribution in [0.1, 0.15) is 50.8 Å². The first-order valence-corrected chi connectivity index (χ1v) is 10.7. The van der Waals surface area contributed by atoms with Crippen LogP contribution in [-0.4, -0.2) is 38.3 Å². The van der Waals surface area contributed by atoms with Crippen molar-refractivity contribution in [1.82, 2.24) is 19.4 Å². The van der Waals surface area contributed by atoms with E-state index in [-0.39, 0.29) is 16.4 Å². The van der Waals surface area contributed by atoms with Gasteiger partial charge in [-0.3, -0.25) is 4.40 Å². The predicted octanol–water partition coefficient (Wildman–Crippen LogP) is 3.06. The van der Waals surface area contributed by atoms with Gasteiger partial charge < -0.3 is 4.98 Å². The fourth-order valence-electron chi connectivity index (χ4n) is 4.37. The molecule has 1 N–H and O–H groups in total. The van der Waals surface area contributed by atoms with E-state index in [0.717, 1.165) is 48.2 Å². The summed E-state index contributed by atoms with van der Waals surface area (Å²) in [6.07, 6.45) is 9.67. The molecule has 6 nitrogen and oxygen atoms in total. The molecule has 5 rings (SSSR count). The smallest absolute Gasteiger partial charge is 0.156 e. The Morgan fingerprint density at radius 3 is 2.68 bits per heavy atom. The lowest BCUT2D eigenvalue weighted by Crippen LogP contribution is -2.33. The molecule has 0 amide bonds. The topological polar surface area (TPSA) is 80.1 Å². The Kier molecular flexibility index (Phi) is 3.26. The molecule has 25 heavy (non-hydrogen) atoms. The molecule has 2 aliphatic rings. The molecule has 2 saturated carbocycles. The van der Waals surface area contributed by atoms with Crippen LogP contribution in [0.15, 0.2) is 24.7 Å². The average Bonchev–Trinajstić information content (AvgIpc) is 3.21. The van der Waals surface area contributed by atoms with E-state index < -0.39 is 9.84 Å². The van der Waals surface area contributed by atoms with Gasteiger partial charge in [0, 0.05) is 12.1 Å². The zero-order valence-electron chi connectivity index (χ0n) is 14.2. The molecule has 0 aromatic carbocycles. The van der Waals surface area contributed by atoms with Gasteiger partial charge in [0.15, 0.2) is 15.5 Å². The molecule has 3 aromatic heterocycles. The summed E-state index contributed by atoms with van der Waals surface area (Å²) >= 11 is 0. The quantitative estimate of drug-likeness (QED) is 0.780. The second-order valence-electron chi connectivity index (χ2n) is 7.65. The molecule has 132 valence electrons. The average molecular weight is 358 g/mol. The molecule has 0 saturated heterocycles. The Morgan fingerprint density at radius 1 is 1.12 bits per heavy atom. The minimum atomic E-state index is -2.98. The van der Waals surface area contributed by atoms with Gasteiger partial charge >= 0.3 is 0 Å². The number of imidazole rings is 1. The SMILES string of the molecule is C[C@@H]1CCC(S(=O)(=O)C2CC2)C[C@@H]1c1ncc2cnc3[nH]ccc3n12. The standard InChI is InChI=1S/C18H22N4O2S/c1-11-2-3-14(25(23,24)13-4-5-13)8-15(11)18-21-10-12-9-20-17-16(22(12)18)6-7-19-17/h6-7,9-11,13-15,19H,2-5,8H2,1H3/t11-,14?,15+/m1/s1. The predicted molar refractivity (Wildman–Crippen MR) is 96.3 cm³/mol. The number of nitrogens with one attached hydrogen (secondary N) is 1. The van der Waals surface area contributed by atoms with Gasteiger partial charge in [-0.05, 0) is 44.1 Å². The number of hydrogen-bond acceptors (Lipinski definition) is 4. The highest BCUT2D eigenvalue weighted by Crippen LogP contribution is 2.43. The Balaban J connectivity index is 1.59. The maximum absolute atomic E-state index is 12.8. The highest BCUT2D eigenvalue weighted by Gasteiger charge is 2.45. The van der Waals surface area contributed by atoms with Crippen LogP contribution in [0, 0.1) is 5.92 Å². The number of rotatable bonds is 3. The third kappa shape index (κ3) is 2.32. The third-order valence-corrected chi connectivity index (χ3v) is 8.78. The maximum Gasteiger partial charge on any atom is 0.156 e. The molecule has 0 radical (unpaired) electrons.